The van der Waals surface area contributed by atoms with Crippen LogP contribution in [0, 0.1) is 0 Å². The minimum atomic E-state index is -0.114. The predicted molar refractivity (Wildman–Crippen MR) is 86.3 cm³/mol. The monoisotopic (exact) mass is 283 g/mol. The molecule has 3 aliphatic rings. The van der Waals surface area contributed by atoms with Crippen LogP contribution in [0.2, 0.25) is 0 Å². The molecule has 0 saturated carbocycles. The third-order valence-corrected chi connectivity index (χ3v) is 5.91. The Hall–Kier alpha value is -1.12. The first-order valence-corrected chi connectivity index (χ1v) is 8.39. The van der Waals surface area contributed by atoms with E-state index in [4.69, 9.17) is 4.74 Å². The zero-order valence-corrected chi connectivity index (χ0v) is 13.2. The first-order valence-electron chi connectivity index (χ1n) is 8.39. The van der Waals surface area contributed by atoms with E-state index in [2.05, 4.69) is 43.0 Å². The molecule has 1 aromatic carbocycles. The second kappa shape index (κ2) is 4.96. The quantitative estimate of drug-likeness (QED) is 0.821. The van der Waals surface area contributed by atoms with Gasteiger partial charge in [-0.3, -0.25) is 4.90 Å². The lowest BCUT2D eigenvalue weighted by atomic mass is 9.82. The largest absolute Gasteiger partial charge is 0.369 e. The number of likely N-dealkylation sites (tertiary alicyclic amines) is 1. The molecule has 0 amide bonds. The highest BCUT2D eigenvalue weighted by molar-refractivity contribution is 5.78. The minimum Gasteiger partial charge on any atom is -0.369 e. The van der Waals surface area contributed by atoms with Crippen LogP contribution in [0.4, 0.5) is 0 Å². The van der Waals surface area contributed by atoms with Crippen molar-refractivity contribution in [1.82, 2.24) is 4.90 Å². The molecule has 1 fully saturated rings. The highest BCUT2D eigenvalue weighted by atomic mass is 16.5. The summed E-state index contributed by atoms with van der Waals surface area (Å²) in [5, 5.41) is 0. The Morgan fingerprint density at radius 2 is 1.95 bits per heavy atom. The van der Waals surface area contributed by atoms with Gasteiger partial charge in [-0.15, -0.1) is 0 Å². The lowest BCUT2D eigenvalue weighted by Gasteiger charge is -2.44. The van der Waals surface area contributed by atoms with E-state index in [1.54, 1.807) is 11.1 Å². The molecule has 112 valence electrons. The van der Waals surface area contributed by atoms with Crippen LogP contribution in [-0.2, 0) is 11.2 Å². The highest BCUT2D eigenvalue weighted by Crippen LogP contribution is 2.46. The van der Waals surface area contributed by atoms with Gasteiger partial charge in [-0.2, -0.15) is 0 Å². The summed E-state index contributed by atoms with van der Waals surface area (Å²) < 4.78 is 6.39. The molecular weight excluding hydrogens is 258 g/mol. The standard InChI is InChI=1S/C19H25NO/c1-14(20-10-5-6-11-20)19(2)18-13-15-7-3-4-8-16(15)17(18)9-12-21-19/h3-4,7-8,14H,5-6,9-13H2,1-2H3. The molecule has 2 unspecified atom stereocenters. The van der Waals surface area contributed by atoms with Crippen molar-refractivity contribution < 1.29 is 4.74 Å². The smallest absolute Gasteiger partial charge is 0.102 e. The van der Waals surface area contributed by atoms with Crippen LogP contribution in [0.1, 0.15) is 44.2 Å². The van der Waals surface area contributed by atoms with E-state index in [-0.39, 0.29) is 5.60 Å². The van der Waals surface area contributed by atoms with Crippen LogP contribution < -0.4 is 0 Å². The molecule has 21 heavy (non-hydrogen) atoms. The number of fused-ring (bicyclic) bond motifs is 2. The molecule has 1 aliphatic carbocycles. The van der Waals surface area contributed by atoms with Crippen molar-refractivity contribution in [3.05, 3.63) is 41.0 Å². The second-order valence-electron chi connectivity index (χ2n) is 6.92. The molecule has 0 N–H and O–H groups in total. The third kappa shape index (κ3) is 2.00. The first-order chi connectivity index (χ1) is 10.2. The summed E-state index contributed by atoms with van der Waals surface area (Å²) in [4.78, 5) is 2.62. The van der Waals surface area contributed by atoms with Crippen LogP contribution in [-0.4, -0.2) is 36.2 Å². The summed E-state index contributed by atoms with van der Waals surface area (Å²) in [7, 11) is 0. The molecular formula is C19H25NO. The van der Waals surface area contributed by atoms with Crippen molar-refractivity contribution in [1.29, 1.82) is 0 Å². The maximum absolute atomic E-state index is 6.39. The molecule has 2 nitrogen and oxygen atoms in total. The van der Waals surface area contributed by atoms with Crippen LogP contribution in [0.5, 0.6) is 0 Å². The average Bonchev–Trinajstić information content (AvgIpc) is 3.15. The lowest BCUT2D eigenvalue weighted by molar-refractivity contribution is -0.0604. The normalized spacial score (nSPS) is 30.4. The van der Waals surface area contributed by atoms with Crippen LogP contribution in [0.15, 0.2) is 29.8 Å². The van der Waals surface area contributed by atoms with Crippen molar-refractivity contribution in [3.63, 3.8) is 0 Å². The highest BCUT2D eigenvalue weighted by Gasteiger charge is 2.45. The van der Waals surface area contributed by atoms with E-state index in [9.17, 15) is 0 Å². The lowest BCUT2D eigenvalue weighted by Crippen LogP contribution is -2.52. The molecule has 1 aromatic rings. The maximum Gasteiger partial charge on any atom is 0.102 e. The average molecular weight is 283 g/mol. The van der Waals surface area contributed by atoms with Gasteiger partial charge >= 0.3 is 0 Å². The number of benzene rings is 1. The summed E-state index contributed by atoms with van der Waals surface area (Å²) in [6.45, 7) is 8.02. The van der Waals surface area contributed by atoms with Gasteiger partial charge in [0.1, 0.15) is 5.60 Å². The fourth-order valence-electron chi connectivity index (χ4n) is 4.49. The van der Waals surface area contributed by atoms with Gasteiger partial charge in [0.2, 0.25) is 0 Å². The van der Waals surface area contributed by atoms with E-state index in [1.807, 2.05) is 0 Å². The van der Waals surface area contributed by atoms with Crippen LogP contribution >= 0.6 is 0 Å². The topological polar surface area (TPSA) is 12.5 Å². The van der Waals surface area contributed by atoms with Gasteiger partial charge in [-0.1, -0.05) is 24.3 Å². The van der Waals surface area contributed by atoms with Crippen molar-refractivity contribution in [2.24, 2.45) is 0 Å². The van der Waals surface area contributed by atoms with Crippen LogP contribution in [0.25, 0.3) is 5.57 Å². The first kappa shape index (κ1) is 13.5. The van der Waals surface area contributed by atoms with E-state index >= 15 is 0 Å². The van der Waals surface area contributed by atoms with Gasteiger partial charge in [0, 0.05) is 6.04 Å². The van der Waals surface area contributed by atoms with E-state index in [1.165, 1.54) is 37.1 Å². The van der Waals surface area contributed by atoms with E-state index in [0.29, 0.717) is 6.04 Å². The summed E-state index contributed by atoms with van der Waals surface area (Å²) in [6.07, 6.45) is 4.84. The van der Waals surface area contributed by atoms with Crippen LogP contribution in [0.3, 0.4) is 0 Å². The number of hydrogen-bond donors (Lipinski definition) is 0. The molecule has 4 rings (SSSR count). The molecule has 2 heterocycles. The Morgan fingerprint density at radius 3 is 2.76 bits per heavy atom. The zero-order valence-electron chi connectivity index (χ0n) is 13.2. The Labute approximate surface area is 127 Å². The minimum absolute atomic E-state index is 0.114. The van der Waals surface area contributed by atoms with Crippen molar-refractivity contribution in [2.75, 3.05) is 19.7 Å². The molecule has 2 atom stereocenters. The number of hydrogen-bond acceptors (Lipinski definition) is 2. The predicted octanol–water partition coefficient (Wildman–Crippen LogP) is 3.66. The zero-order chi connectivity index (χ0) is 14.4. The summed E-state index contributed by atoms with van der Waals surface area (Å²) in [6, 6.07) is 9.39. The number of rotatable bonds is 2. The van der Waals surface area contributed by atoms with Gasteiger partial charge in [0.25, 0.3) is 0 Å². The van der Waals surface area contributed by atoms with Gasteiger partial charge < -0.3 is 4.74 Å². The van der Waals surface area contributed by atoms with Crippen molar-refractivity contribution in [2.45, 2.75) is 51.2 Å². The number of nitrogens with zero attached hydrogens (tertiary/aromatic N) is 1. The molecule has 0 spiro atoms. The Bertz CT molecular complexity index is 585. The van der Waals surface area contributed by atoms with Gasteiger partial charge in [0.05, 0.1) is 6.61 Å². The third-order valence-electron chi connectivity index (χ3n) is 5.91. The fraction of sp³-hybridized carbons (Fsp3) is 0.579. The van der Waals surface area contributed by atoms with Crippen molar-refractivity contribution >= 4 is 5.57 Å². The van der Waals surface area contributed by atoms with E-state index < -0.39 is 0 Å². The second-order valence-corrected chi connectivity index (χ2v) is 6.92. The van der Waals surface area contributed by atoms with E-state index in [0.717, 1.165) is 19.4 Å². The summed E-state index contributed by atoms with van der Waals surface area (Å²) >= 11 is 0. The number of ether oxygens (including phenoxy) is 1. The molecule has 1 saturated heterocycles. The van der Waals surface area contributed by atoms with Gasteiger partial charge in [0.15, 0.2) is 0 Å². The van der Waals surface area contributed by atoms with Gasteiger partial charge in [-0.05, 0) is 74.9 Å². The molecule has 2 aliphatic heterocycles. The Morgan fingerprint density at radius 1 is 1.19 bits per heavy atom. The fourth-order valence-corrected chi connectivity index (χ4v) is 4.49. The summed E-state index contributed by atoms with van der Waals surface area (Å²) in [5.74, 6) is 0. The molecule has 0 radical (unpaired) electrons. The molecule has 2 heteroatoms. The maximum atomic E-state index is 6.39. The Kier molecular flexibility index (Phi) is 3.20. The molecule has 0 aromatic heterocycles. The van der Waals surface area contributed by atoms with Crippen molar-refractivity contribution in [3.8, 4) is 0 Å². The Balaban J connectivity index is 1.72. The molecule has 0 bridgehead atoms. The SMILES string of the molecule is CC(N1CCCC1)C1(C)OCCC2=C1Cc1ccccc12. The van der Waals surface area contributed by atoms with Gasteiger partial charge in [-0.25, -0.2) is 0 Å². The summed E-state index contributed by atoms with van der Waals surface area (Å²) in [5.41, 5.74) is 5.99.